The second-order valence-corrected chi connectivity index (χ2v) is 6.52. The lowest BCUT2D eigenvalue weighted by molar-refractivity contribution is -0.136. The van der Waals surface area contributed by atoms with Crippen LogP contribution in [0.1, 0.15) is 66.7 Å². The van der Waals surface area contributed by atoms with Crippen molar-refractivity contribution in [2.24, 2.45) is 11.8 Å². The number of carbonyl (C=O) groups is 1. The molecule has 0 aromatic heterocycles. The number of ether oxygens (including phenoxy) is 1. The minimum absolute atomic E-state index is 0.0968. The Morgan fingerprint density at radius 2 is 1.95 bits per heavy atom. The zero-order valence-electron chi connectivity index (χ0n) is 13.7. The van der Waals surface area contributed by atoms with Gasteiger partial charge in [-0.05, 0) is 45.4 Å². The molecule has 4 heteroatoms. The standard InChI is InChI=1S/C13H26O2.C3H6O2/c1-10-6-5-7-12(8-10)11(2)15-13(3,4)9-14;1-2-3(4)5/h10-12,14H,5-9H2,1-4H3;2H2,1H3,(H,4,5). The lowest BCUT2D eigenvalue weighted by Crippen LogP contribution is -2.37. The van der Waals surface area contributed by atoms with E-state index in [-0.39, 0.29) is 24.7 Å². The van der Waals surface area contributed by atoms with Crippen molar-refractivity contribution in [3.8, 4) is 0 Å². The van der Waals surface area contributed by atoms with Crippen LogP contribution in [0.3, 0.4) is 0 Å². The SMILES string of the molecule is CC1CCCC(C(C)OC(C)(C)CO)C1.CCC(=O)O. The van der Waals surface area contributed by atoms with E-state index in [0.717, 1.165) is 5.92 Å². The summed E-state index contributed by atoms with van der Waals surface area (Å²) in [6.45, 7) is 10.1. The molecule has 20 heavy (non-hydrogen) atoms. The molecule has 3 unspecified atom stereocenters. The minimum atomic E-state index is -0.745. The molecule has 0 heterocycles. The van der Waals surface area contributed by atoms with Crippen LogP contribution < -0.4 is 0 Å². The van der Waals surface area contributed by atoms with Crippen molar-refractivity contribution in [3.05, 3.63) is 0 Å². The lowest BCUT2D eigenvalue weighted by atomic mass is 9.80. The molecule has 0 aromatic carbocycles. The maximum Gasteiger partial charge on any atom is 0.303 e. The molecule has 1 aliphatic rings. The number of carboxylic acids is 1. The third kappa shape index (κ3) is 8.54. The van der Waals surface area contributed by atoms with E-state index in [1.807, 2.05) is 13.8 Å². The predicted molar refractivity (Wildman–Crippen MR) is 80.8 cm³/mol. The smallest absolute Gasteiger partial charge is 0.303 e. The summed E-state index contributed by atoms with van der Waals surface area (Å²) < 4.78 is 5.92. The number of carboxylic acid groups (broad SMARTS) is 1. The van der Waals surface area contributed by atoms with Gasteiger partial charge < -0.3 is 14.9 Å². The van der Waals surface area contributed by atoms with Gasteiger partial charge in [-0.15, -0.1) is 0 Å². The number of hydrogen-bond acceptors (Lipinski definition) is 3. The van der Waals surface area contributed by atoms with Crippen molar-refractivity contribution in [2.45, 2.75) is 78.4 Å². The first-order valence-corrected chi connectivity index (χ1v) is 7.72. The number of aliphatic hydroxyl groups excluding tert-OH is 1. The summed E-state index contributed by atoms with van der Waals surface area (Å²) in [7, 11) is 0. The van der Waals surface area contributed by atoms with Crippen molar-refractivity contribution < 1.29 is 19.7 Å². The van der Waals surface area contributed by atoms with E-state index in [1.165, 1.54) is 25.7 Å². The first-order chi connectivity index (χ1) is 9.21. The first-order valence-electron chi connectivity index (χ1n) is 7.72. The maximum atomic E-state index is 9.37. The normalized spacial score (nSPS) is 24.5. The summed E-state index contributed by atoms with van der Waals surface area (Å²) >= 11 is 0. The molecule has 0 aromatic rings. The predicted octanol–water partition coefficient (Wildman–Crippen LogP) is 3.47. The summed E-state index contributed by atoms with van der Waals surface area (Å²) in [6.07, 6.45) is 5.76. The molecule has 0 spiro atoms. The van der Waals surface area contributed by atoms with Crippen LogP contribution in [0.2, 0.25) is 0 Å². The Bertz CT molecular complexity index is 276. The first kappa shape index (κ1) is 19.4. The van der Waals surface area contributed by atoms with Gasteiger partial charge in [0.15, 0.2) is 0 Å². The molecule has 0 amide bonds. The average molecular weight is 288 g/mol. The summed E-state index contributed by atoms with van der Waals surface area (Å²) in [5.74, 6) is 0.775. The summed E-state index contributed by atoms with van der Waals surface area (Å²) in [4.78, 5) is 9.37. The molecule has 0 saturated heterocycles. The van der Waals surface area contributed by atoms with Gasteiger partial charge in [0.2, 0.25) is 0 Å². The average Bonchev–Trinajstić information content (AvgIpc) is 2.39. The minimum Gasteiger partial charge on any atom is -0.481 e. The maximum absolute atomic E-state index is 9.37. The monoisotopic (exact) mass is 288 g/mol. The van der Waals surface area contributed by atoms with E-state index in [2.05, 4.69) is 13.8 Å². The fraction of sp³-hybridized carbons (Fsp3) is 0.938. The summed E-state index contributed by atoms with van der Waals surface area (Å²) in [5, 5.41) is 16.9. The molecule has 3 atom stereocenters. The highest BCUT2D eigenvalue weighted by atomic mass is 16.5. The van der Waals surface area contributed by atoms with Crippen molar-refractivity contribution in [1.29, 1.82) is 0 Å². The van der Waals surface area contributed by atoms with E-state index < -0.39 is 5.97 Å². The van der Waals surface area contributed by atoms with Gasteiger partial charge in [-0.25, -0.2) is 0 Å². The zero-order valence-corrected chi connectivity index (χ0v) is 13.7. The fourth-order valence-electron chi connectivity index (χ4n) is 2.54. The lowest BCUT2D eigenvalue weighted by Gasteiger charge is -2.35. The van der Waals surface area contributed by atoms with Crippen LogP contribution in [-0.4, -0.2) is 34.5 Å². The zero-order chi connectivity index (χ0) is 15.8. The van der Waals surface area contributed by atoms with Crippen molar-refractivity contribution in [1.82, 2.24) is 0 Å². The van der Waals surface area contributed by atoms with Crippen LogP contribution in [-0.2, 0) is 9.53 Å². The number of aliphatic carboxylic acids is 1. The van der Waals surface area contributed by atoms with Gasteiger partial charge in [0, 0.05) is 6.42 Å². The van der Waals surface area contributed by atoms with E-state index in [9.17, 15) is 4.79 Å². The molecular formula is C16H32O4. The van der Waals surface area contributed by atoms with Crippen molar-refractivity contribution in [3.63, 3.8) is 0 Å². The fourth-order valence-corrected chi connectivity index (χ4v) is 2.54. The quantitative estimate of drug-likeness (QED) is 0.813. The highest BCUT2D eigenvalue weighted by molar-refractivity contribution is 5.66. The van der Waals surface area contributed by atoms with Gasteiger partial charge in [-0.3, -0.25) is 4.79 Å². The molecule has 1 aliphatic carbocycles. The van der Waals surface area contributed by atoms with Crippen LogP contribution >= 0.6 is 0 Å². The highest BCUT2D eigenvalue weighted by Crippen LogP contribution is 2.33. The highest BCUT2D eigenvalue weighted by Gasteiger charge is 2.28. The van der Waals surface area contributed by atoms with Gasteiger partial charge in [-0.1, -0.05) is 26.7 Å². The summed E-state index contributed by atoms with van der Waals surface area (Å²) in [6, 6.07) is 0. The molecule has 1 fully saturated rings. The van der Waals surface area contributed by atoms with Crippen LogP contribution in [0.4, 0.5) is 0 Å². The Hall–Kier alpha value is -0.610. The molecule has 0 aliphatic heterocycles. The van der Waals surface area contributed by atoms with E-state index in [1.54, 1.807) is 6.92 Å². The molecule has 4 nitrogen and oxygen atoms in total. The Morgan fingerprint density at radius 1 is 1.40 bits per heavy atom. The van der Waals surface area contributed by atoms with E-state index in [4.69, 9.17) is 14.9 Å². The third-order valence-electron chi connectivity index (χ3n) is 3.83. The van der Waals surface area contributed by atoms with Gasteiger partial charge >= 0.3 is 5.97 Å². The second-order valence-electron chi connectivity index (χ2n) is 6.52. The Morgan fingerprint density at radius 3 is 2.35 bits per heavy atom. The number of rotatable bonds is 5. The van der Waals surface area contributed by atoms with E-state index in [0.29, 0.717) is 5.92 Å². The van der Waals surface area contributed by atoms with Gasteiger partial charge in [0.25, 0.3) is 0 Å². The summed E-state index contributed by atoms with van der Waals surface area (Å²) in [5.41, 5.74) is -0.389. The Balaban J connectivity index is 0.000000621. The van der Waals surface area contributed by atoms with Crippen LogP contribution in [0.25, 0.3) is 0 Å². The molecule has 1 rings (SSSR count). The van der Waals surface area contributed by atoms with Crippen LogP contribution in [0.15, 0.2) is 0 Å². The molecular weight excluding hydrogens is 256 g/mol. The number of aliphatic hydroxyl groups is 1. The van der Waals surface area contributed by atoms with Gasteiger partial charge in [0.1, 0.15) is 0 Å². The third-order valence-corrected chi connectivity index (χ3v) is 3.83. The molecule has 2 N–H and O–H groups in total. The van der Waals surface area contributed by atoms with Crippen molar-refractivity contribution in [2.75, 3.05) is 6.61 Å². The van der Waals surface area contributed by atoms with E-state index >= 15 is 0 Å². The molecule has 0 radical (unpaired) electrons. The second kappa shape index (κ2) is 9.35. The molecule has 0 bridgehead atoms. The van der Waals surface area contributed by atoms with Crippen molar-refractivity contribution >= 4 is 5.97 Å². The number of hydrogen-bond donors (Lipinski definition) is 2. The van der Waals surface area contributed by atoms with Gasteiger partial charge in [0.05, 0.1) is 18.3 Å². The Labute approximate surface area is 123 Å². The van der Waals surface area contributed by atoms with Crippen LogP contribution in [0, 0.1) is 11.8 Å². The molecule has 120 valence electrons. The Kier molecular flexibility index (Phi) is 9.06. The van der Waals surface area contributed by atoms with Crippen LogP contribution in [0.5, 0.6) is 0 Å². The van der Waals surface area contributed by atoms with Gasteiger partial charge in [-0.2, -0.15) is 0 Å². The largest absolute Gasteiger partial charge is 0.481 e. The molecule has 1 saturated carbocycles. The topological polar surface area (TPSA) is 66.8 Å².